The van der Waals surface area contributed by atoms with Crippen molar-refractivity contribution in [2.75, 3.05) is 7.11 Å². The Morgan fingerprint density at radius 1 is 1.69 bits per heavy atom. The molecular weight excluding hydrogens is 206 g/mol. The van der Waals surface area contributed by atoms with Gasteiger partial charge >= 0.3 is 5.97 Å². The number of carbonyl (C=O) groups excluding carboxylic acids is 1. The second kappa shape index (κ2) is 3.90. The van der Waals surface area contributed by atoms with Gasteiger partial charge in [0.05, 0.1) is 12.8 Å². The minimum Gasteiger partial charge on any atom is -0.467 e. The van der Waals surface area contributed by atoms with Gasteiger partial charge in [0.1, 0.15) is 5.54 Å². The van der Waals surface area contributed by atoms with E-state index in [1.807, 2.05) is 6.92 Å². The van der Waals surface area contributed by atoms with Crippen LogP contribution in [0.2, 0.25) is 0 Å². The molecule has 1 aliphatic rings. The smallest absolute Gasteiger partial charge is 0.330 e. The number of aryl methyl sites for hydroxylation is 2. The van der Waals surface area contributed by atoms with Crippen LogP contribution in [-0.2, 0) is 27.9 Å². The van der Waals surface area contributed by atoms with E-state index in [0.717, 1.165) is 36.2 Å². The lowest BCUT2D eigenvalue weighted by atomic mass is 9.78. The molecule has 0 saturated carbocycles. The van der Waals surface area contributed by atoms with Crippen LogP contribution >= 0.6 is 0 Å². The number of hydrogen-bond donors (Lipinski definition) is 2. The molecular formula is C11H17N3O2. The minimum absolute atomic E-state index is 0.371. The summed E-state index contributed by atoms with van der Waals surface area (Å²) in [6.45, 7) is 2.00. The molecule has 0 aliphatic heterocycles. The molecule has 5 nitrogen and oxygen atoms in total. The molecule has 0 aromatic carbocycles. The third-order valence-corrected chi connectivity index (χ3v) is 3.24. The number of fused-ring (bicyclic) bond motifs is 1. The van der Waals surface area contributed by atoms with Crippen LogP contribution in [0.1, 0.15) is 36.7 Å². The predicted octanol–water partition coefficient (Wildman–Crippen LogP) is 0.635. The molecule has 0 fully saturated rings. The quantitative estimate of drug-likeness (QED) is 0.721. The zero-order valence-corrected chi connectivity index (χ0v) is 9.67. The van der Waals surface area contributed by atoms with E-state index in [1.54, 1.807) is 0 Å². The van der Waals surface area contributed by atoms with E-state index in [1.165, 1.54) is 7.11 Å². The van der Waals surface area contributed by atoms with E-state index in [-0.39, 0.29) is 5.97 Å². The summed E-state index contributed by atoms with van der Waals surface area (Å²) >= 11 is 0. The van der Waals surface area contributed by atoms with E-state index >= 15 is 0 Å². The number of ether oxygens (including phenoxy) is 1. The van der Waals surface area contributed by atoms with Gasteiger partial charge in [-0.3, -0.25) is 5.10 Å². The molecule has 88 valence electrons. The van der Waals surface area contributed by atoms with Gasteiger partial charge in [0.2, 0.25) is 0 Å². The van der Waals surface area contributed by atoms with E-state index in [0.29, 0.717) is 6.42 Å². The van der Waals surface area contributed by atoms with Crippen LogP contribution in [0.5, 0.6) is 0 Å². The van der Waals surface area contributed by atoms with Crippen molar-refractivity contribution >= 4 is 5.97 Å². The SMILES string of the molecule is CCc1n[nH]c2c1C(N)(C(=O)OC)CCC2. The van der Waals surface area contributed by atoms with Crippen LogP contribution in [0, 0.1) is 0 Å². The molecule has 0 saturated heterocycles. The molecule has 0 spiro atoms. The lowest BCUT2D eigenvalue weighted by Gasteiger charge is -2.31. The predicted molar refractivity (Wildman–Crippen MR) is 58.8 cm³/mol. The molecule has 0 bridgehead atoms. The highest BCUT2D eigenvalue weighted by molar-refractivity contribution is 5.83. The van der Waals surface area contributed by atoms with Gasteiger partial charge in [-0.25, -0.2) is 4.79 Å². The van der Waals surface area contributed by atoms with E-state index in [9.17, 15) is 4.79 Å². The second-order valence-corrected chi connectivity index (χ2v) is 4.19. The number of rotatable bonds is 2. The molecule has 1 unspecified atom stereocenters. The summed E-state index contributed by atoms with van der Waals surface area (Å²) in [6.07, 6.45) is 3.17. The van der Waals surface area contributed by atoms with Crippen molar-refractivity contribution in [3.05, 3.63) is 17.0 Å². The molecule has 1 aromatic rings. The van der Waals surface area contributed by atoms with Gasteiger partial charge in [-0.1, -0.05) is 6.92 Å². The molecule has 0 radical (unpaired) electrons. The Kier molecular flexibility index (Phi) is 2.71. The van der Waals surface area contributed by atoms with Gasteiger partial charge in [0.25, 0.3) is 0 Å². The van der Waals surface area contributed by atoms with Crippen LogP contribution in [-0.4, -0.2) is 23.3 Å². The zero-order valence-electron chi connectivity index (χ0n) is 9.67. The number of H-pyrrole nitrogens is 1. The van der Waals surface area contributed by atoms with Crippen molar-refractivity contribution in [3.8, 4) is 0 Å². The number of nitrogens with zero attached hydrogens (tertiary/aromatic N) is 1. The van der Waals surface area contributed by atoms with Crippen LogP contribution < -0.4 is 5.73 Å². The van der Waals surface area contributed by atoms with Crippen molar-refractivity contribution in [2.24, 2.45) is 5.73 Å². The number of aromatic amines is 1. The van der Waals surface area contributed by atoms with Crippen LogP contribution in [0.3, 0.4) is 0 Å². The largest absolute Gasteiger partial charge is 0.467 e. The number of methoxy groups -OCH3 is 1. The number of esters is 1. The van der Waals surface area contributed by atoms with Crippen LogP contribution in [0.25, 0.3) is 0 Å². The third kappa shape index (κ3) is 1.43. The third-order valence-electron chi connectivity index (χ3n) is 3.24. The highest BCUT2D eigenvalue weighted by atomic mass is 16.5. The van der Waals surface area contributed by atoms with Crippen molar-refractivity contribution in [3.63, 3.8) is 0 Å². The van der Waals surface area contributed by atoms with Crippen LogP contribution in [0.4, 0.5) is 0 Å². The Bertz CT molecular complexity index is 400. The van der Waals surface area contributed by atoms with Crippen molar-refractivity contribution < 1.29 is 9.53 Å². The first-order valence-corrected chi connectivity index (χ1v) is 5.57. The average molecular weight is 223 g/mol. The molecule has 1 heterocycles. The van der Waals surface area contributed by atoms with E-state index in [2.05, 4.69) is 10.2 Å². The second-order valence-electron chi connectivity index (χ2n) is 4.19. The fourth-order valence-corrected chi connectivity index (χ4v) is 2.44. The van der Waals surface area contributed by atoms with Crippen molar-refractivity contribution in [1.29, 1.82) is 0 Å². The van der Waals surface area contributed by atoms with Gasteiger partial charge in [0.15, 0.2) is 0 Å². The molecule has 2 rings (SSSR count). The highest BCUT2D eigenvalue weighted by Gasteiger charge is 2.43. The fraction of sp³-hybridized carbons (Fsp3) is 0.636. The highest BCUT2D eigenvalue weighted by Crippen LogP contribution is 2.35. The number of nitrogens with two attached hydrogens (primary N) is 1. The van der Waals surface area contributed by atoms with Crippen LogP contribution in [0.15, 0.2) is 0 Å². The topological polar surface area (TPSA) is 81.0 Å². The Labute approximate surface area is 94.4 Å². The van der Waals surface area contributed by atoms with Gasteiger partial charge in [0, 0.05) is 11.3 Å². The maximum absolute atomic E-state index is 11.8. The Morgan fingerprint density at radius 2 is 2.44 bits per heavy atom. The molecule has 0 amide bonds. The number of aromatic nitrogens is 2. The van der Waals surface area contributed by atoms with Gasteiger partial charge in [-0.05, 0) is 25.7 Å². The molecule has 1 aromatic heterocycles. The molecule has 3 N–H and O–H groups in total. The number of hydrogen-bond acceptors (Lipinski definition) is 4. The average Bonchev–Trinajstić information content (AvgIpc) is 2.72. The molecule has 1 atom stereocenters. The Morgan fingerprint density at radius 3 is 3.06 bits per heavy atom. The van der Waals surface area contributed by atoms with Gasteiger partial charge in [-0.2, -0.15) is 5.10 Å². The summed E-state index contributed by atoms with van der Waals surface area (Å²) < 4.78 is 4.81. The summed E-state index contributed by atoms with van der Waals surface area (Å²) in [5.41, 5.74) is 7.91. The minimum atomic E-state index is -1.01. The Hall–Kier alpha value is -1.36. The lowest BCUT2D eigenvalue weighted by Crippen LogP contribution is -2.48. The maximum Gasteiger partial charge on any atom is 0.330 e. The van der Waals surface area contributed by atoms with E-state index < -0.39 is 5.54 Å². The number of carbonyl (C=O) groups is 1. The van der Waals surface area contributed by atoms with Gasteiger partial charge in [-0.15, -0.1) is 0 Å². The summed E-state index contributed by atoms with van der Waals surface area (Å²) in [5, 5.41) is 7.19. The monoisotopic (exact) mass is 223 g/mol. The maximum atomic E-state index is 11.8. The summed E-state index contributed by atoms with van der Waals surface area (Å²) in [7, 11) is 1.37. The first-order chi connectivity index (χ1) is 7.63. The molecule has 5 heteroatoms. The summed E-state index contributed by atoms with van der Waals surface area (Å²) in [5.74, 6) is -0.371. The number of nitrogens with one attached hydrogen (secondary N) is 1. The first kappa shape index (κ1) is 11.1. The lowest BCUT2D eigenvalue weighted by molar-refractivity contribution is -0.148. The summed E-state index contributed by atoms with van der Waals surface area (Å²) in [6, 6.07) is 0. The Balaban J connectivity index is 2.53. The fourth-order valence-electron chi connectivity index (χ4n) is 2.44. The van der Waals surface area contributed by atoms with E-state index in [4.69, 9.17) is 10.5 Å². The molecule has 1 aliphatic carbocycles. The normalized spacial score (nSPS) is 23.9. The first-order valence-electron chi connectivity index (χ1n) is 5.57. The standard InChI is InChI=1S/C11H17N3O2/c1-3-7-9-8(14-13-7)5-4-6-11(9,12)10(15)16-2/h3-6,12H2,1-2H3,(H,13,14). The van der Waals surface area contributed by atoms with Crippen molar-refractivity contribution in [2.45, 2.75) is 38.1 Å². The summed E-state index contributed by atoms with van der Waals surface area (Å²) in [4.78, 5) is 11.8. The molecule has 16 heavy (non-hydrogen) atoms. The zero-order chi connectivity index (χ0) is 11.8. The van der Waals surface area contributed by atoms with Gasteiger partial charge < -0.3 is 10.5 Å². The van der Waals surface area contributed by atoms with Crippen molar-refractivity contribution in [1.82, 2.24) is 10.2 Å².